The molecule has 0 spiro atoms. The van der Waals surface area contributed by atoms with Crippen LogP contribution in [0, 0.1) is 0 Å². The topological polar surface area (TPSA) is 87.7 Å². The van der Waals surface area contributed by atoms with Crippen LogP contribution in [0.5, 0.6) is 0 Å². The van der Waals surface area contributed by atoms with Gasteiger partial charge in [-0.1, -0.05) is 11.6 Å². The third-order valence-corrected chi connectivity index (χ3v) is 6.71. The lowest BCUT2D eigenvalue weighted by Gasteiger charge is -2.35. The summed E-state index contributed by atoms with van der Waals surface area (Å²) in [5, 5.41) is 5.30. The van der Waals surface area contributed by atoms with Gasteiger partial charge >= 0.3 is 11.8 Å². The Morgan fingerprint density at radius 2 is 1.97 bits per heavy atom. The maximum Gasteiger partial charge on any atom is 0.313 e. The van der Waals surface area contributed by atoms with E-state index in [9.17, 15) is 14.4 Å². The van der Waals surface area contributed by atoms with Gasteiger partial charge in [0.1, 0.15) is 6.10 Å². The van der Waals surface area contributed by atoms with Crippen molar-refractivity contribution >= 4 is 52.0 Å². The Labute approximate surface area is 183 Å². The lowest BCUT2D eigenvalue weighted by atomic mass is 9.91. The minimum absolute atomic E-state index is 0.152. The van der Waals surface area contributed by atoms with E-state index in [1.165, 1.54) is 18.4 Å². The highest BCUT2D eigenvalue weighted by Gasteiger charge is 2.30. The van der Waals surface area contributed by atoms with Crippen LogP contribution in [0.2, 0.25) is 4.34 Å². The number of anilines is 2. The number of rotatable bonds is 5. The van der Waals surface area contributed by atoms with Crippen LogP contribution in [0.15, 0.2) is 24.3 Å². The highest BCUT2D eigenvalue weighted by molar-refractivity contribution is 7.16. The van der Waals surface area contributed by atoms with Gasteiger partial charge in [-0.25, -0.2) is 0 Å². The van der Waals surface area contributed by atoms with Crippen LogP contribution in [0.25, 0.3) is 0 Å². The standard InChI is InChI=1S/C21H22ClN3O4S/c1-29-15(16-5-6-17(22)30-16)11-23-20(27)21(28)24-14-9-12-3-2-8-25-18(26)7-4-13(10-14)19(12)25/h5-6,9-10,15H,2-4,7-8,11H2,1H3,(H,23,27)(H,24,28)/t15-/m1/s1. The first-order valence-electron chi connectivity index (χ1n) is 9.79. The van der Waals surface area contributed by atoms with E-state index in [0.717, 1.165) is 41.1 Å². The smallest absolute Gasteiger partial charge is 0.313 e. The third kappa shape index (κ3) is 4.21. The van der Waals surface area contributed by atoms with E-state index >= 15 is 0 Å². The van der Waals surface area contributed by atoms with E-state index < -0.39 is 11.8 Å². The number of benzene rings is 1. The Kier molecular flexibility index (Phi) is 6.08. The molecule has 30 heavy (non-hydrogen) atoms. The molecule has 0 bridgehead atoms. The fraction of sp³-hybridized carbons (Fsp3) is 0.381. The summed E-state index contributed by atoms with van der Waals surface area (Å²) >= 11 is 7.32. The van der Waals surface area contributed by atoms with Gasteiger partial charge in [0.25, 0.3) is 0 Å². The average molecular weight is 448 g/mol. The molecule has 0 saturated carbocycles. The minimum atomic E-state index is -0.735. The summed E-state index contributed by atoms with van der Waals surface area (Å²) in [4.78, 5) is 39.6. The molecule has 158 valence electrons. The zero-order valence-electron chi connectivity index (χ0n) is 16.5. The fourth-order valence-electron chi connectivity index (χ4n) is 3.98. The third-order valence-electron chi connectivity index (χ3n) is 5.38. The predicted molar refractivity (Wildman–Crippen MR) is 116 cm³/mol. The number of hydrogen-bond acceptors (Lipinski definition) is 5. The molecule has 0 aliphatic carbocycles. The number of carbonyl (C=O) groups is 3. The van der Waals surface area contributed by atoms with Crippen molar-refractivity contribution < 1.29 is 19.1 Å². The van der Waals surface area contributed by atoms with E-state index in [1.807, 2.05) is 23.1 Å². The van der Waals surface area contributed by atoms with Crippen LogP contribution in [0.4, 0.5) is 11.4 Å². The minimum Gasteiger partial charge on any atom is -0.374 e. The molecular formula is C21H22ClN3O4S. The molecule has 2 aliphatic rings. The SMILES string of the molecule is CO[C@H](CNC(=O)C(=O)Nc1cc2c3c(c1)CCC(=O)N3CCC2)c1ccc(Cl)s1. The van der Waals surface area contributed by atoms with Crippen LogP contribution in [0.3, 0.4) is 0 Å². The van der Waals surface area contributed by atoms with E-state index in [2.05, 4.69) is 10.6 Å². The summed E-state index contributed by atoms with van der Waals surface area (Å²) in [5.41, 5.74) is 3.64. The second-order valence-electron chi connectivity index (χ2n) is 7.32. The van der Waals surface area contributed by atoms with Gasteiger partial charge in [0.05, 0.1) is 10.0 Å². The Hall–Kier alpha value is -2.42. The highest BCUT2D eigenvalue weighted by atomic mass is 35.5. The number of aryl methyl sites for hydroxylation is 2. The van der Waals surface area contributed by atoms with Crippen molar-refractivity contribution in [1.29, 1.82) is 0 Å². The Balaban J connectivity index is 1.41. The molecule has 3 amide bonds. The van der Waals surface area contributed by atoms with Gasteiger partial charge in [-0.15, -0.1) is 11.3 Å². The van der Waals surface area contributed by atoms with Crippen LogP contribution in [-0.4, -0.2) is 37.9 Å². The molecule has 0 radical (unpaired) electrons. The number of nitrogens with one attached hydrogen (secondary N) is 2. The van der Waals surface area contributed by atoms with Gasteiger partial charge in [-0.2, -0.15) is 0 Å². The van der Waals surface area contributed by atoms with Crippen molar-refractivity contribution in [2.75, 3.05) is 30.4 Å². The van der Waals surface area contributed by atoms with Crippen molar-refractivity contribution in [2.24, 2.45) is 0 Å². The fourth-order valence-corrected chi connectivity index (χ4v) is 5.12. The molecule has 2 aliphatic heterocycles. The lowest BCUT2D eigenvalue weighted by Crippen LogP contribution is -2.39. The Bertz CT molecular complexity index is 989. The Morgan fingerprint density at radius 1 is 1.20 bits per heavy atom. The molecule has 3 heterocycles. The maximum atomic E-state index is 12.4. The lowest BCUT2D eigenvalue weighted by molar-refractivity contribution is -0.136. The van der Waals surface area contributed by atoms with E-state index in [4.69, 9.17) is 16.3 Å². The number of carbonyl (C=O) groups excluding carboxylic acids is 3. The molecule has 1 aromatic heterocycles. The molecule has 0 fully saturated rings. The van der Waals surface area contributed by atoms with E-state index in [1.54, 1.807) is 6.07 Å². The first kappa shape index (κ1) is 20.8. The van der Waals surface area contributed by atoms with Crippen molar-refractivity contribution in [3.63, 3.8) is 0 Å². The maximum absolute atomic E-state index is 12.4. The van der Waals surface area contributed by atoms with Gasteiger partial charge in [-0.3, -0.25) is 14.4 Å². The molecular weight excluding hydrogens is 426 g/mol. The molecule has 1 atom stereocenters. The highest BCUT2D eigenvalue weighted by Crippen LogP contribution is 2.37. The summed E-state index contributed by atoms with van der Waals surface area (Å²) in [7, 11) is 1.54. The van der Waals surface area contributed by atoms with Crippen LogP contribution in [0.1, 0.15) is 34.9 Å². The van der Waals surface area contributed by atoms with Gasteiger partial charge in [0.2, 0.25) is 5.91 Å². The number of hydrogen-bond donors (Lipinski definition) is 2. The van der Waals surface area contributed by atoms with Gasteiger partial charge in [0, 0.05) is 37.2 Å². The summed E-state index contributed by atoms with van der Waals surface area (Å²) < 4.78 is 6.02. The normalized spacial score (nSPS) is 16.1. The molecule has 2 aromatic rings. The second kappa shape index (κ2) is 8.75. The molecule has 0 unspecified atom stereocenters. The molecule has 7 nitrogen and oxygen atoms in total. The quantitative estimate of drug-likeness (QED) is 0.689. The van der Waals surface area contributed by atoms with Crippen molar-refractivity contribution in [2.45, 2.75) is 31.8 Å². The first-order valence-corrected chi connectivity index (χ1v) is 11.0. The number of thiophene rings is 1. The first-order chi connectivity index (χ1) is 14.5. The molecule has 0 saturated heterocycles. The Morgan fingerprint density at radius 3 is 2.67 bits per heavy atom. The van der Waals surface area contributed by atoms with E-state index in [0.29, 0.717) is 22.9 Å². The van der Waals surface area contributed by atoms with Gasteiger partial charge in [0.15, 0.2) is 0 Å². The number of amides is 3. The zero-order chi connectivity index (χ0) is 21.3. The summed E-state index contributed by atoms with van der Waals surface area (Å²) in [6.07, 6.45) is 2.47. The number of ether oxygens (including phenoxy) is 1. The molecule has 2 N–H and O–H groups in total. The average Bonchev–Trinajstić information content (AvgIpc) is 3.17. The second-order valence-corrected chi connectivity index (χ2v) is 9.07. The van der Waals surface area contributed by atoms with Gasteiger partial charge < -0.3 is 20.3 Å². The molecule has 9 heteroatoms. The number of nitrogens with zero attached hydrogens (tertiary/aromatic N) is 1. The largest absolute Gasteiger partial charge is 0.374 e. The molecule has 4 rings (SSSR count). The van der Waals surface area contributed by atoms with E-state index in [-0.39, 0.29) is 18.6 Å². The number of halogens is 1. The monoisotopic (exact) mass is 447 g/mol. The van der Waals surface area contributed by atoms with Crippen molar-refractivity contribution in [3.05, 3.63) is 44.6 Å². The summed E-state index contributed by atoms with van der Waals surface area (Å²) in [6.45, 7) is 0.898. The van der Waals surface area contributed by atoms with Crippen molar-refractivity contribution in [1.82, 2.24) is 5.32 Å². The zero-order valence-corrected chi connectivity index (χ0v) is 18.1. The van der Waals surface area contributed by atoms with Crippen molar-refractivity contribution in [3.8, 4) is 0 Å². The predicted octanol–water partition coefficient (Wildman–Crippen LogP) is 3.07. The van der Waals surface area contributed by atoms with Gasteiger partial charge in [-0.05, 0) is 54.7 Å². The summed E-state index contributed by atoms with van der Waals surface area (Å²) in [5.74, 6) is -1.32. The van der Waals surface area contributed by atoms with Crippen LogP contribution in [-0.2, 0) is 32.0 Å². The molecule has 1 aromatic carbocycles. The van der Waals surface area contributed by atoms with Crippen LogP contribution >= 0.6 is 22.9 Å². The number of methoxy groups -OCH3 is 1. The summed E-state index contributed by atoms with van der Waals surface area (Å²) in [6, 6.07) is 7.32. The van der Waals surface area contributed by atoms with Crippen LogP contribution < -0.4 is 15.5 Å².